The van der Waals surface area contributed by atoms with Crippen molar-refractivity contribution >= 4 is 11.6 Å². The van der Waals surface area contributed by atoms with Gasteiger partial charge in [-0.25, -0.2) is 0 Å². The minimum absolute atomic E-state index is 0.102. The highest BCUT2D eigenvalue weighted by Crippen LogP contribution is 2.25. The number of β-amino-alcohol motifs (C(OH)–C–C–N with tert-alkyl or cyclic N) is 1. The Labute approximate surface area is 144 Å². The van der Waals surface area contributed by atoms with Gasteiger partial charge < -0.3 is 20.1 Å². The summed E-state index contributed by atoms with van der Waals surface area (Å²) in [5.74, 6) is 0.581. The van der Waals surface area contributed by atoms with E-state index in [0.717, 1.165) is 25.2 Å². The van der Waals surface area contributed by atoms with Crippen LogP contribution in [0.4, 0.5) is 5.69 Å². The quantitative estimate of drug-likeness (QED) is 0.789. The molecule has 1 fully saturated rings. The van der Waals surface area contributed by atoms with Gasteiger partial charge in [0, 0.05) is 37.8 Å². The summed E-state index contributed by atoms with van der Waals surface area (Å²) in [6, 6.07) is 7.14. The van der Waals surface area contributed by atoms with E-state index in [1.54, 1.807) is 24.3 Å². The molecule has 6 heteroatoms. The van der Waals surface area contributed by atoms with Crippen LogP contribution in [0.2, 0.25) is 0 Å². The molecule has 1 aromatic carbocycles. The van der Waals surface area contributed by atoms with E-state index in [1.165, 1.54) is 6.92 Å². The Kier molecular flexibility index (Phi) is 6.21. The molecule has 2 N–H and O–H groups in total. The lowest BCUT2D eigenvalue weighted by atomic mass is 10.0. The van der Waals surface area contributed by atoms with Gasteiger partial charge in [-0.1, -0.05) is 0 Å². The van der Waals surface area contributed by atoms with Crippen LogP contribution >= 0.6 is 0 Å². The van der Waals surface area contributed by atoms with E-state index in [-0.39, 0.29) is 18.1 Å². The summed E-state index contributed by atoms with van der Waals surface area (Å²) >= 11 is 0. The number of benzene rings is 1. The predicted octanol–water partition coefficient (Wildman–Crippen LogP) is 1.41. The van der Waals surface area contributed by atoms with Crippen molar-refractivity contribution in [3.63, 3.8) is 0 Å². The minimum atomic E-state index is -0.524. The number of nitrogens with one attached hydrogen (secondary N) is 1. The first-order valence-corrected chi connectivity index (χ1v) is 8.37. The van der Waals surface area contributed by atoms with Crippen LogP contribution in [0.25, 0.3) is 0 Å². The fourth-order valence-electron chi connectivity index (χ4n) is 2.94. The van der Waals surface area contributed by atoms with Gasteiger partial charge in [-0.2, -0.15) is 0 Å². The lowest BCUT2D eigenvalue weighted by Gasteiger charge is -2.32. The Morgan fingerprint density at radius 3 is 2.62 bits per heavy atom. The third kappa shape index (κ3) is 5.19. The van der Waals surface area contributed by atoms with E-state index < -0.39 is 6.10 Å². The fourth-order valence-corrected chi connectivity index (χ4v) is 2.94. The first-order valence-electron chi connectivity index (χ1n) is 8.37. The van der Waals surface area contributed by atoms with Crippen LogP contribution in [0, 0.1) is 0 Å². The number of hydrogen-bond acceptors (Lipinski definition) is 5. The molecule has 1 aliphatic rings. The van der Waals surface area contributed by atoms with E-state index in [9.17, 15) is 9.90 Å². The molecular weight excluding hydrogens is 306 g/mol. The van der Waals surface area contributed by atoms with Crippen molar-refractivity contribution in [2.45, 2.75) is 31.9 Å². The average Bonchev–Trinajstić information content (AvgIpc) is 2.88. The van der Waals surface area contributed by atoms with Crippen LogP contribution in [0.15, 0.2) is 24.3 Å². The molecule has 134 valence electrons. The number of rotatable bonds is 7. The Hall–Kier alpha value is -1.63. The molecule has 0 saturated carbocycles. The van der Waals surface area contributed by atoms with Crippen LogP contribution in [-0.2, 0) is 4.79 Å². The zero-order valence-electron chi connectivity index (χ0n) is 15.1. The summed E-state index contributed by atoms with van der Waals surface area (Å²) in [4.78, 5) is 15.5. The number of ether oxygens (including phenoxy) is 1. The zero-order valence-corrected chi connectivity index (χ0v) is 15.1. The molecule has 2 rings (SSSR count). The van der Waals surface area contributed by atoms with Gasteiger partial charge >= 0.3 is 0 Å². The predicted molar refractivity (Wildman–Crippen MR) is 95.4 cm³/mol. The molecule has 1 amide bonds. The third-order valence-electron chi connectivity index (χ3n) is 4.70. The molecule has 0 bridgehead atoms. The third-order valence-corrected chi connectivity index (χ3v) is 4.70. The van der Waals surface area contributed by atoms with Gasteiger partial charge in [-0.3, -0.25) is 9.69 Å². The highest BCUT2D eigenvalue weighted by Gasteiger charge is 2.35. The highest BCUT2D eigenvalue weighted by atomic mass is 16.5. The molecule has 1 heterocycles. The maximum atomic E-state index is 11.0. The Morgan fingerprint density at radius 1 is 1.42 bits per heavy atom. The van der Waals surface area contributed by atoms with Crippen molar-refractivity contribution in [1.29, 1.82) is 0 Å². The molecule has 0 aliphatic carbocycles. The largest absolute Gasteiger partial charge is 0.491 e. The maximum Gasteiger partial charge on any atom is 0.221 e. The van der Waals surface area contributed by atoms with Crippen molar-refractivity contribution in [3.8, 4) is 5.75 Å². The average molecular weight is 335 g/mol. The zero-order chi connectivity index (χ0) is 17.7. The summed E-state index contributed by atoms with van der Waals surface area (Å²) < 4.78 is 5.64. The van der Waals surface area contributed by atoms with E-state index >= 15 is 0 Å². The molecule has 24 heavy (non-hydrogen) atoms. The summed E-state index contributed by atoms with van der Waals surface area (Å²) in [5.41, 5.74) is 0.913. The minimum Gasteiger partial charge on any atom is -0.491 e. The Balaban J connectivity index is 1.75. The standard InChI is InChI=1S/C18H29N3O3/c1-14(22)19-15-5-7-17(8-6-15)24-12-16(23)11-21-10-9-18(2,13-21)20(3)4/h5-8,16,23H,9-13H2,1-4H3,(H,19,22). The topological polar surface area (TPSA) is 65.0 Å². The fraction of sp³-hybridized carbons (Fsp3) is 0.611. The van der Waals surface area contributed by atoms with Gasteiger partial charge in [-0.15, -0.1) is 0 Å². The second-order valence-electron chi connectivity index (χ2n) is 7.05. The first kappa shape index (κ1) is 18.7. The van der Waals surface area contributed by atoms with E-state index in [0.29, 0.717) is 12.3 Å². The first-order chi connectivity index (χ1) is 11.3. The number of likely N-dealkylation sites (tertiary alicyclic amines) is 1. The number of amides is 1. The normalized spacial score (nSPS) is 22.6. The Bertz CT molecular complexity index is 547. The van der Waals surface area contributed by atoms with E-state index in [2.05, 4.69) is 36.1 Å². The molecule has 1 aliphatic heterocycles. The van der Waals surface area contributed by atoms with Crippen molar-refractivity contribution in [2.75, 3.05) is 45.7 Å². The van der Waals surface area contributed by atoms with Crippen LogP contribution in [0.1, 0.15) is 20.3 Å². The summed E-state index contributed by atoms with van der Waals surface area (Å²) in [6.45, 7) is 6.56. The molecule has 2 unspecified atom stereocenters. The van der Waals surface area contributed by atoms with Crippen LogP contribution in [0.3, 0.4) is 0 Å². The maximum absolute atomic E-state index is 11.0. The number of likely N-dealkylation sites (N-methyl/N-ethyl adjacent to an activating group) is 1. The number of carbonyl (C=O) groups is 1. The van der Waals surface area contributed by atoms with Gasteiger partial charge in [0.1, 0.15) is 18.5 Å². The monoisotopic (exact) mass is 335 g/mol. The van der Waals surface area contributed by atoms with E-state index in [4.69, 9.17) is 4.74 Å². The van der Waals surface area contributed by atoms with Gasteiger partial charge in [0.15, 0.2) is 0 Å². The number of carbonyl (C=O) groups excluding carboxylic acids is 1. The second-order valence-corrected chi connectivity index (χ2v) is 7.05. The van der Waals surface area contributed by atoms with Crippen molar-refractivity contribution in [3.05, 3.63) is 24.3 Å². The van der Waals surface area contributed by atoms with Crippen molar-refractivity contribution in [2.24, 2.45) is 0 Å². The molecule has 1 aromatic rings. The molecule has 6 nitrogen and oxygen atoms in total. The second kappa shape index (κ2) is 7.96. The lowest BCUT2D eigenvalue weighted by molar-refractivity contribution is -0.114. The van der Waals surface area contributed by atoms with Crippen LogP contribution in [0.5, 0.6) is 5.75 Å². The molecular formula is C18H29N3O3. The lowest BCUT2D eigenvalue weighted by Crippen LogP contribution is -2.45. The number of aliphatic hydroxyl groups excluding tert-OH is 1. The summed E-state index contributed by atoms with van der Waals surface area (Å²) in [5, 5.41) is 12.9. The van der Waals surface area contributed by atoms with Crippen LogP contribution in [-0.4, -0.2) is 72.8 Å². The molecule has 2 atom stereocenters. The molecule has 0 spiro atoms. The number of nitrogens with zero attached hydrogens (tertiary/aromatic N) is 2. The van der Waals surface area contributed by atoms with E-state index in [1.807, 2.05) is 0 Å². The number of anilines is 1. The molecule has 0 radical (unpaired) electrons. The summed E-state index contributed by atoms with van der Waals surface area (Å²) in [6.07, 6.45) is 0.586. The van der Waals surface area contributed by atoms with Gasteiger partial charge in [0.2, 0.25) is 5.91 Å². The van der Waals surface area contributed by atoms with Crippen molar-refractivity contribution in [1.82, 2.24) is 9.80 Å². The van der Waals surface area contributed by atoms with Gasteiger partial charge in [0.25, 0.3) is 0 Å². The number of hydrogen-bond donors (Lipinski definition) is 2. The van der Waals surface area contributed by atoms with Gasteiger partial charge in [0.05, 0.1) is 0 Å². The SMILES string of the molecule is CC(=O)Nc1ccc(OCC(O)CN2CCC(C)(N(C)C)C2)cc1. The Morgan fingerprint density at radius 2 is 2.08 bits per heavy atom. The smallest absolute Gasteiger partial charge is 0.221 e. The molecule has 1 saturated heterocycles. The van der Waals surface area contributed by atoms with Gasteiger partial charge in [-0.05, 0) is 51.7 Å². The summed E-state index contributed by atoms with van der Waals surface area (Å²) in [7, 11) is 4.21. The highest BCUT2D eigenvalue weighted by molar-refractivity contribution is 5.88. The van der Waals surface area contributed by atoms with Crippen molar-refractivity contribution < 1.29 is 14.6 Å². The molecule has 0 aromatic heterocycles. The number of aliphatic hydroxyl groups is 1. The van der Waals surface area contributed by atoms with Crippen LogP contribution < -0.4 is 10.1 Å².